The summed E-state index contributed by atoms with van der Waals surface area (Å²) in [5.41, 5.74) is 0. The van der Waals surface area contributed by atoms with E-state index in [0.717, 1.165) is 0 Å². The van der Waals surface area contributed by atoms with Crippen LogP contribution in [0.25, 0.3) is 0 Å². The van der Waals surface area contributed by atoms with E-state index >= 15 is 0 Å². The summed E-state index contributed by atoms with van der Waals surface area (Å²) in [5.74, 6) is 0. The monoisotopic (exact) mass is 358 g/mol. The van der Waals surface area contributed by atoms with Crippen LogP contribution < -0.4 is 68.9 Å². The number of aliphatic hydroxyl groups is 4. The number of hydrogen-bond donors (Lipinski definition) is 4. The molecule has 0 aromatic heterocycles. The number of phosphoric ester groups is 1. The summed E-state index contributed by atoms with van der Waals surface area (Å²) in [6.07, 6.45) is -8.61. The van der Waals surface area contributed by atoms with Crippen molar-refractivity contribution in [2.24, 2.45) is 0 Å². The second-order valence-corrected chi connectivity index (χ2v) is 4.36. The van der Waals surface area contributed by atoms with E-state index in [-0.39, 0.29) is 75.5 Å². The summed E-state index contributed by atoms with van der Waals surface area (Å²) in [4.78, 5) is 20.6. The third-order valence-corrected chi connectivity index (χ3v) is 2.55. The fourth-order valence-corrected chi connectivity index (χ4v) is 1.71. The summed E-state index contributed by atoms with van der Waals surface area (Å²) in [6, 6.07) is 0. The van der Waals surface area contributed by atoms with Gasteiger partial charge in [0.05, 0.1) is 14.4 Å². The molecule has 15 heteroatoms. The Kier molecular flexibility index (Phi) is 23.1. The Morgan fingerprint density at radius 1 is 1.00 bits per heavy atom. The van der Waals surface area contributed by atoms with Gasteiger partial charge in [-0.2, -0.15) is 0 Å². The van der Waals surface area contributed by atoms with Crippen LogP contribution in [-0.4, -0.2) is 74.2 Å². The van der Waals surface area contributed by atoms with Crippen LogP contribution in [0.5, 0.6) is 0 Å². The van der Waals surface area contributed by atoms with Crippen LogP contribution in [0.15, 0.2) is 0 Å². The van der Waals surface area contributed by atoms with Crippen molar-refractivity contribution in [3.05, 3.63) is 0 Å². The van der Waals surface area contributed by atoms with Gasteiger partial charge in [-0.25, -0.2) is 0 Å². The molecule has 10 N–H and O–H groups in total. The molecular formula is C6H17Na2O12P. The summed E-state index contributed by atoms with van der Waals surface area (Å²) in [6.45, 7) is -0.743. The first-order valence-corrected chi connectivity index (χ1v) is 5.73. The Morgan fingerprint density at radius 3 is 1.76 bits per heavy atom. The number of hydrogen-bond acceptors (Lipinski definition) is 9. The van der Waals surface area contributed by atoms with Crippen molar-refractivity contribution >= 4 is 7.82 Å². The third kappa shape index (κ3) is 10.3. The second kappa shape index (κ2) is 14.2. The predicted octanol–water partition coefficient (Wildman–Crippen LogP) is -12.8. The fraction of sp³-hybridized carbons (Fsp3) is 1.00. The van der Waals surface area contributed by atoms with E-state index in [4.69, 9.17) is 5.11 Å². The molecule has 5 atom stereocenters. The second-order valence-electron chi connectivity index (χ2n) is 3.25. The van der Waals surface area contributed by atoms with Gasteiger partial charge in [-0.1, -0.05) is 0 Å². The number of phosphoric acid groups is 1. The topological polar surface area (TPSA) is 257 Å². The van der Waals surface area contributed by atoms with E-state index in [1.807, 2.05) is 0 Å². The molecule has 120 valence electrons. The molecule has 0 spiro atoms. The van der Waals surface area contributed by atoms with Crippen molar-refractivity contribution < 1.29 is 120 Å². The summed E-state index contributed by atoms with van der Waals surface area (Å²) < 4.78 is 18.7. The van der Waals surface area contributed by atoms with Gasteiger partial charge in [-0.15, -0.1) is 0 Å². The first-order chi connectivity index (χ1) is 7.26. The van der Waals surface area contributed by atoms with E-state index in [9.17, 15) is 29.7 Å². The van der Waals surface area contributed by atoms with Crippen LogP contribution in [-0.2, 0) is 13.8 Å². The zero-order chi connectivity index (χ0) is 12.5. The van der Waals surface area contributed by atoms with Crippen LogP contribution in [0, 0.1) is 0 Å². The molecule has 0 aromatic rings. The number of ether oxygens (including phenoxy) is 1. The SMILES string of the molecule is O.O.O.O=P([O-])([O-])O[C@H]1O[C@H](CO)[C@@H](O)[C@H](O)[C@H]1O.[Na+].[Na+]. The molecule has 0 radical (unpaired) electrons. The summed E-state index contributed by atoms with van der Waals surface area (Å²) in [7, 11) is -5.41. The van der Waals surface area contributed by atoms with Crippen LogP contribution in [0.3, 0.4) is 0 Å². The Balaban J connectivity index is -0.000000171. The Hall–Kier alpha value is 1.79. The van der Waals surface area contributed by atoms with Crippen molar-refractivity contribution in [3.8, 4) is 0 Å². The molecule has 1 heterocycles. The minimum atomic E-state index is -5.41. The predicted molar refractivity (Wildman–Crippen MR) is 53.3 cm³/mol. The van der Waals surface area contributed by atoms with Crippen LogP contribution in [0.2, 0.25) is 0 Å². The fourth-order valence-electron chi connectivity index (χ4n) is 1.28. The molecule has 21 heavy (non-hydrogen) atoms. The molecule has 0 aromatic carbocycles. The Bertz CT molecular complexity index is 287. The molecule has 12 nitrogen and oxygen atoms in total. The maximum atomic E-state index is 10.3. The molecular weight excluding hydrogens is 341 g/mol. The van der Waals surface area contributed by atoms with Gasteiger partial charge in [-0.05, 0) is 0 Å². The van der Waals surface area contributed by atoms with Crippen LogP contribution >= 0.6 is 7.82 Å². The van der Waals surface area contributed by atoms with E-state index in [1.54, 1.807) is 0 Å². The standard InChI is InChI=1S/C6H13O9P.2Na.3H2O/c7-1-2-3(8)4(9)5(10)6(14-2)15-16(11,12)13;;;;;/h2-10H,1H2,(H2,11,12,13);;;3*1H2/q;2*+1;;;/p-2/t2-,3-,4+,5-,6-;;;;;/m1...../s1. The molecule has 1 fully saturated rings. The minimum Gasteiger partial charge on any atom is -0.790 e. The van der Waals surface area contributed by atoms with Gasteiger partial charge in [-0.3, -0.25) is 0 Å². The van der Waals surface area contributed by atoms with Crippen molar-refractivity contribution in [1.82, 2.24) is 0 Å². The first-order valence-electron chi connectivity index (χ1n) is 4.27. The van der Waals surface area contributed by atoms with Gasteiger partial charge in [0.25, 0.3) is 0 Å². The first kappa shape index (κ1) is 34.2. The van der Waals surface area contributed by atoms with Gasteiger partial charge >= 0.3 is 59.1 Å². The number of aliphatic hydroxyl groups excluding tert-OH is 4. The zero-order valence-electron chi connectivity index (χ0n) is 11.4. The normalized spacial score (nSPS) is 31.2. The van der Waals surface area contributed by atoms with Gasteiger partial charge < -0.3 is 60.5 Å². The summed E-state index contributed by atoms with van der Waals surface area (Å²) in [5, 5.41) is 36.5. The molecule has 0 saturated carbocycles. The average Bonchev–Trinajstić information content (AvgIpc) is 2.17. The molecule has 1 aliphatic heterocycles. The van der Waals surface area contributed by atoms with Crippen LogP contribution in [0.4, 0.5) is 0 Å². The van der Waals surface area contributed by atoms with E-state index in [0.29, 0.717) is 0 Å². The molecule has 0 bridgehead atoms. The quantitative estimate of drug-likeness (QED) is 0.275. The molecule has 1 rings (SSSR count). The average molecular weight is 358 g/mol. The van der Waals surface area contributed by atoms with Crippen molar-refractivity contribution in [1.29, 1.82) is 0 Å². The van der Waals surface area contributed by atoms with Gasteiger partial charge in [0.2, 0.25) is 0 Å². The molecule has 1 saturated heterocycles. The minimum absolute atomic E-state index is 0. The van der Waals surface area contributed by atoms with Gasteiger partial charge in [0.1, 0.15) is 24.4 Å². The van der Waals surface area contributed by atoms with E-state index < -0.39 is 45.1 Å². The van der Waals surface area contributed by atoms with E-state index in [1.165, 1.54) is 0 Å². The van der Waals surface area contributed by atoms with Gasteiger partial charge in [0.15, 0.2) is 6.29 Å². The maximum Gasteiger partial charge on any atom is 1.00 e. The summed E-state index contributed by atoms with van der Waals surface area (Å²) >= 11 is 0. The van der Waals surface area contributed by atoms with Crippen LogP contribution in [0.1, 0.15) is 0 Å². The van der Waals surface area contributed by atoms with Crippen molar-refractivity contribution in [3.63, 3.8) is 0 Å². The Morgan fingerprint density at radius 2 is 1.43 bits per heavy atom. The van der Waals surface area contributed by atoms with Crippen molar-refractivity contribution in [2.45, 2.75) is 30.7 Å². The smallest absolute Gasteiger partial charge is 0.790 e. The number of rotatable bonds is 3. The maximum absolute atomic E-state index is 10.3. The Labute approximate surface area is 163 Å². The molecule has 0 unspecified atom stereocenters. The molecule has 0 aliphatic carbocycles. The molecule has 1 aliphatic rings. The van der Waals surface area contributed by atoms with Gasteiger partial charge in [0, 0.05) is 0 Å². The third-order valence-electron chi connectivity index (χ3n) is 2.08. The largest absolute Gasteiger partial charge is 1.00 e. The van der Waals surface area contributed by atoms with Crippen molar-refractivity contribution in [2.75, 3.05) is 6.61 Å². The zero-order valence-corrected chi connectivity index (χ0v) is 16.3. The molecule has 0 amide bonds. The van der Waals surface area contributed by atoms with E-state index in [2.05, 4.69) is 9.26 Å².